The molecule has 0 aromatic rings. The molecule has 8 heteroatoms. The van der Waals surface area contributed by atoms with Crippen molar-refractivity contribution in [2.45, 2.75) is 37.1 Å². The Balaban J connectivity index is 1.37. The van der Waals surface area contributed by atoms with Crippen molar-refractivity contribution in [3.63, 3.8) is 0 Å². The predicted octanol–water partition coefficient (Wildman–Crippen LogP) is 1.72. The minimum absolute atomic E-state index is 0.0990. The molecule has 26 heavy (non-hydrogen) atoms. The quantitative estimate of drug-likeness (QED) is 0.425. The van der Waals surface area contributed by atoms with Gasteiger partial charge in [-0.2, -0.15) is 0 Å². The van der Waals surface area contributed by atoms with Crippen molar-refractivity contribution in [2.75, 3.05) is 79.8 Å². The SMILES string of the molecule is COCCOCCOCCOCCOCC1(F)CCC2(CC1)OCCO2. The number of hydrogen-bond acceptors (Lipinski definition) is 7. The molecule has 7 nitrogen and oxygen atoms in total. The first-order valence-corrected chi connectivity index (χ1v) is 9.45. The first-order chi connectivity index (χ1) is 12.7. The van der Waals surface area contributed by atoms with Crippen molar-refractivity contribution in [1.29, 1.82) is 0 Å². The van der Waals surface area contributed by atoms with Crippen LogP contribution in [0.3, 0.4) is 0 Å². The molecule has 1 heterocycles. The summed E-state index contributed by atoms with van der Waals surface area (Å²) >= 11 is 0. The maximum Gasteiger partial charge on any atom is 0.168 e. The predicted molar refractivity (Wildman–Crippen MR) is 92.1 cm³/mol. The van der Waals surface area contributed by atoms with Crippen LogP contribution < -0.4 is 0 Å². The fraction of sp³-hybridized carbons (Fsp3) is 1.00. The van der Waals surface area contributed by atoms with E-state index >= 15 is 0 Å². The smallest absolute Gasteiger partial charge is 0.168 e. The summed E-state index contributed by atoms with van der Waals surface area (Å²) in [6, 6.07) is 0. The summed E-state index contributed by atoms with van der Waals surface area (Å²) < 4.78 is 52.3. The second kappa shape index (κ2) is 12.2. The maximum atomic E-state index is 14.7. The molecule has 2 fully saturated rings. The molecule has 1 spiro atoms. The molecule has 154 valence electrons. The molecule has 1 aliphatic carbocycles. The van der Waals surface area contributed by atoms with Crippen LogP contribution in [0.5, 0.6) is 0 Å². The van der Waals surface area contributed by atoms with Crippen molar-refractivity contribution in [3.05, 3.63) is 0 Å². The molecule has 0 bridgehead atoms. The first-order valence-electron chi connectivity index (χ1n) is 9.45. The number of ether oxygens (including phenoxy) is 7. The third-order valence-corrected chi connectivity index (χ3v) is 4.63. The Kier molecular flexibility index (Phi) is 10.3. The lowest BCUT2D eigenvalue weighted by Crippen LogP contribution is -2.43. The van der Waals surface area contributed by atoms with E-state index in [1.54, 1.807) is 7.11 Å². The van der Waals surface area contributed by atoms with Crippen molar-refractivity contribution in [3.8, 4) is 0 Å². The average molecular weight is 380 g/mol. The highest BCUT2D eigenvalue weighted by Crippen LogP contribution is 2.42. The Morgan fingerprint density at radius 1 is 0.692 bits per heavy atom. The number of hydrogen-bond donors (Lipinski definition) is 0. The summed E-state index contributed by atoms with van der Waals surface area (Å²) in [6.07, 6.45) is 2.01. The van der Waals surface area contributed by atoms with Gasteiger partial charge in [-0.15, -0.1) is 0 Å². The summed E-state index contributed by atoms with van der Waals surface area (Å²) in [5, 5.41) is 0. The van der Waals surface area contributed by atoms with Gasteiger partial charge in [-0.05, 0) is 12.8 Å². The monoisotopic (exact) mass is 380 g/mol. The zero-order valence-corrected chi connectivity index (χ0v) is 15.8. The summed E-state index contributed by atoms with van der Waals surface area (Å²) in [4.78, 5) is 0. The van der Waals surface area contributed by atoms with Crippen LogP contribution in [0.1, 0.15) is 25.7 Å². The molecule has 1 saturated carbocycles. The van der Waals surface area contributed by atoms with E-state index in [-0.39, 0.29) is 6.61 Å². The summed E-state index contributed by atoms with van der Waals surface area (Å²) in [7, 11) is 1.64. The van der Waals surface area contributed by atoms with Crippen LogP contribution in [0.25, 0.3) is 0 Å². The molecule has 0 aromatic heterocycles. The highest BCUT2D eigenvalue weighted by atomic mass is 19.1. The van der Waals surface area contributed by atoms with E-state index in [4.69, 9.17) is 33.2 Å². The number of alkyl halides is 1. The molecule has 1 saturated heterocycles. The fourth-order valence-corrected chi connectivity index (χ4v) is 3.07. The van der Waals surface area contributed by atoms with Gasteiger partial charge in [0, 0.05) is 20.0 Å². The van der Waals surface area contributed by atoms with Crippen molar-refractivity contribution < 1.29 is 37.5 Å². The molecule has 0 N–H and O–H groups in total. The molecule has 0 unspecified atom stereocenters. The topological polar surface area (TPSA) is 64.6 Å². The normalized spacial score (nSPS) is 21.5. The van der Waals surface area contributed by atoms with Gasteiger partial charge in [0.05, 0.1) is 72.7 Å². The van der Waals surface area contributed by atoms with Crippen LogP contribution in [-0.4, -0.2) is 91.2 Å². The number of rotatable bonds is 14. The van der Waals surface area contributed by atoms with Gasteiger partial charge in [-0.1, -0.05) is 0 Å². The second-order valence-corrected chi connectivity index (χ2v) is 6.64. The summed E-state index contributed by atoms with van der Waals surface area (Å²) in [5.74, 6) is -0.534. The minimum Gasteiger partial charge on any atom is -0.382 e. The van der Waals surface area contributed by atoms with E-state index in [1.165, 1.54) is 0 Å². The van der Waals surface area contributed by atoms with Crippen molar-refractivity contribution >= 4 is 0 Å². The van der Waals surface area contributed by atoms with Crippen LogP contribution in [0.15, 0.2) is 0 Å². The third-order valence-electron chi connectivity index (χ3n) is 4.63. The number of halogens is 1. The molecule has 0 aromatic carbocycles. The van der Waals surface area contributed by atoms with Crippen LogP contribution in [0, 0.1) is 0 Å². The van der Waals surface area contributed by atoms with Crippen molar-refractivity contribution in [1.82, 2.24) is 0 Å². The van der Waals surface area contributed by atoms with Crippen LogP contribution in [0.4, 0.5) is 4.39 Å². The molecule has 0 atom stereocenters. The Morgan fingerprint density at radius 2 is 1.15 bits per heavy atom. The molecule has 2 rings (SSSR count). The van der Waals surface area contributed by atoms with E-state index in [9.17, 15) is 4.39 Å². The highest BCUT2D eigenvalue weighted by molar-refractivity contribution is 4.91. The second-order valence-electron chi connectivity index (χ2n) is 6.64. The van der Waals surface area contributed by atoms with E-state index in [1.807, 2.05) is 0 Å². The lowest BCUT2D eigenvalue weighted by molar-refractivity contribution is -0.198. The highest BCUT2D eigenvalue weighted by Gasteiger charge is 2.46. The first kappa shape index (κ1) is 21.9. The Hall–Kier alpha value is -0.350. The van der Waals surface area contributed by atoms with Gasteiger partial charge in [0.15, 0.2) is 5.79 Å². The minimum atomic E-state index is -1.29. The van der Waals surface area contributed by atoms with Crippen LogP contribution in [-0.2, 0) is 33.2 Å². The van der Waals surface area contributed by atoms with Gasteiger partial charge in [0.1, 0.15) is 5.67 Å². The lowest BCUT2D eigenvalue weighted by atomic mass is 9.83. The average Bonchev–Trinajstić information content (AvgIpc) is 3.11. The fourth-order valence-electron chi connectivity index (χ4n) is 3.07. The molecule has 0 radical (unpaired) electrons. The van der Waals surface area contributed by atoms with Crippen molar-refractivity contribution in [2.24, 2.45) is 0 Å². The molecule has 0 amide bonds. The van der Waals surface area contributed by atoms with E-state index in [0.717, 1.165) is 0 Å². The van der Waals surface area contributed by atoms with Gasteiger partial charge in [-0.3, -0.25) is 0 Å². The van der Waals surface area contributed by atoms with E-state index in [2.05, 4.69) is 0 Å². The van der Waals surface area contributed by atoms with Gasteiger partial charge < -0.3 is 33.2 Å². The van der Waals surface area contributed by atoms with E-state index in [0.29, 0.717) is 91.8 Å². The molecular weight excluding hydrogens is 347 g/mol. The summed E-state index contributed by atoms with van der Waals surface area (Å²) in [6.45, 7) is 5.35. The number of methoxy groups -OCH3 is 1. The maximum absolute atomic E-state index is 14.7. The standard InChI is InChI=1S/C18H33FO7/c1-20-6-7-21-8-9-22-10-11-23-12-13-24-16-17(19)2-4-18(5-3-17)25-14-15-26-18/h2-16H2,1H3. The van der Waals surface area contributed by atoms with Gasteiger partial charge in [0.2, 0.25) is 0 Å². The molecular formula is C18H33FO7. The molecule has 1 aliphatic heterocycles. The zero-order chi connectivity index (χ0) is 18.6. The third kappa shape index (κ3) is 8.12. The zero-order valence-electron chi connectivity index (χ0n) is 15.8. The Labute approximate surface area is 155 Å². The largest absolute Gasteiger partial charge is 0.382 e. The molecule has 2 aliphatic rings. The van der Waals surface area contributed by atoms with E-state index < -0.39 is 11.5 Å². The lowest BCUT2D eigenvalue weighted by Gasteiger charge is -2.38. The van der Waals surface area contributed by atoms with Crippen LogP contribution in [0.2, 0.25) is 0 Å². The van der Waals surface area contributed by atoms with Gasteiger partial charge in [-0.25, -0.2) is 4.39 Å². The van der Waals surface area contributed by atoms with Gasteiger partial charge >= 0.3 is 0 Å². The van der Waals surface area contributed by atoms with Crippen LogP contribution >= 0.6 is 0 Å². The summed E-state index contributed by atoms with van der Waals surface area (Å²) in [5.41, 5.74) is -1.29. The van der Waals surface area contributed by atoms with Gasteiger partial charge in [0.25, 0.3) is 0 Å². The Bertz CT molecular complexity index is 353. The Morgan fingerprint density at radius 3 is 1.65 bits per heavy atom.